The number of imidazole rings is 1. The fourth-order valence-electron chi connectivity index (χ4n) is 4.37. The highest BCUT2D eigenvalue weighted by atomic mass is 35.5. The number of pyridine rings is 1. The van der Waals surface area contributed by atoms with E-state index in [2.05, 4.69) is 30.7 Å². The Balaban J connectivity index is 1.52. The number of carbonyl (C=O) groups excluding carboxylic acids is 3. The molecule has 0 fully saturated rings. The number of allylic oxidation sites excluding steroid dienone is 1. The van der Waals surface area contributed by atoms with Gasteiger partial charge in [-0.15, -0.1) is 0 Å². The quantitative estimate of drug-likeness (QED) is 0.247. The van der Waals surface area contributed by atoms with Crippen molar-refractivity contribution in [3.8, 4) is 11.3 Å². The first-order valence-corrected chi connectivity index (χ1v) is 12.6. The van der Waals surface area contributed by atoms with E-state index in [1.54, 1.807) is 42.6 Å². The van der Waals surface area contributed by atoms with Gasteiger partial charge in [0.15, 0.2) is 0 Å². The molecule has 4 aromatic rings. The van der Waals surface area contributed by atoms with E-state index in [1.807, 2.05) is 24.3 Å². The van der Waals surface area contributed by atoms with Gasteiger partial charge in [-0.1, -0.05) is 35.9 Å². The van der Waals surface area contributed by atoms with Crippen LogP contribution in [0.5, 0.6) is 0 Å². The van der Waals surface area contributed by atoms with Gasteiger partial charge < -0.3 is 20.4 Å². The van der Waals surface area contributed by atoms with Crippen molar-refractivity contribution in [2.45, 2.75) is 25.3 Å². The summed E-state index contributed by atoms with van der Waals surface area (Å²) in [7, 11) is 1.26. The second-order valence-electron chi connectivity index (χ2n) is 8.86. The number of ether oxygens (including phenoxy) is 1. The maximum atomic E-state index is 13.4. The minimum Gasteiger partial charge on any atom is -0.453 e. The summed E-state index contributed by atoms with van der Waals surface area (Å²) in [6.07, 6.45) is 6.00. The molecule has 2 bridgehead atoms. The van der Waals surface area contributed by atoms with Gasteiger partial charge in [-0.05, 0) is 49.2 Å². The summed E-state index contributed by atoms with van der Waals surface area (Å²) < 4.78 is 4.66. The van der Waals surface area contributed by atoms with Crippen LogP contribution in [-0.4, -0.2) is 40.0 Å². The lowest BCUT2D eigenvalue weighted by Crippen LogP contribution is -2.29. The average Bonchev–Trinajstić information content (AvgIpc) is 3.32. The number of H-pyrrole nitrogens is 1. The molecular formula is C28H25ClN6O4. The number of aromatic amines is 1. The van der Waals surface area contributed by atoms with E-state index in [0.717, 1.165) is 10.9 Å². The van der Waals surface area contributed by atoms with Crippen LogP contribution in [0.2, 0.25) is 5.15 Å². The third kappa shape index (κ3) is 5.75. The molecule has 3 amide bonds. The van der Waals surface area contributed by atoms with Crippen molar-refractivity contribution in [3.05, 3.63) is 83.4 Å². The van der Waals surface area contributed by atoms with Gasteiger partial charge in [-0.2, -0.15) is 0 Å². The number of anilines is 2. The molecule has 2 aromatic carbocycles. The minimum atomic E-state index is -0.642. The van der Waals surface area contributed by atoms with Crippen molar-refractivity contribution in [2.75, 3.05) is 17.7 Å². The van der Waals surface area contributed by atoms with Gasteiger partial charge in [0.2, 0.25) is 5.91 Å². The predicted octanol–water partition coefficient (Wildman–Crippen LogP) is 5.61. The molecule has 0 saturated heterocycles. The third-order valence-electron chi connectivity index (χ3n) is 6.26. The van der Waals surface area contributed by atoms with Gasteiger partial charge in [-0.3, -0.25) is 19.9 Å². The van der Waals surface area contributed by atoms with Gasteiger partial charge in [0.25, 0.3) is 5.91 Å². The van der Waals surface area contributed by atoms with E-state index in [1.165, 1.54) is 7.11 Å². The molecule has 11 heteroatoms. The minimum absolute atomic E-state index is 0.211. The van der Waals surface area contributed by atoms with Crippen molar-refractivity contribution >= 4 is 51.8 Å². The Morgan fingerprint density at radius 3 is 2.85 bits per heavy atom. The summed E-state index contributed by atoms with van der Waals surface area (Å²) >= 11 is 6.60. The van der Waals surface area contributed by atoms with Gasteiger partial charge in [0, 0.05) is 34.8 Å². The Morgan fingerprint density at radius 1 is 1.13 bits per heavy atom. The molecule has 0 radical (unpaired) electrons. The number of fused-ring (bicyclic) bond motifs is 5. The Kier molecular flexibility index (Phi) is 7.55. The molecule has 1 atom stereocenters. The molecule has 2 aromatic heterocycles. The Labute approximate surface area is 228 Å². The Bertz CT molecular complexity index is 1590. The zero-order valence-electron chi connectivity index (χ0n) is 21.0. The molecule has 0 saturated carbocycles. The first kappa shape index (κ1) is 25.9. The lowest BCUT2D eigenvalue weighted by Gasteiger charge is -2.16. The van der Waals surface area contributed by atoms with Crippen LogP contribution in [0.1, 0.15) is 41.5 Å². The molecule has 0 spiro atoms. The molecule has 10 nitrogen and oxygen atoms in total. The van der Waals surface area contributed by atoms with E-state index in [4.69, 9.17) is 16.6 Å². The van der Waals surface area contributed by atoms with Crippen molar-refractivity contribution in [3.63, 3.8) is 0 Å². The maximum absolute atomic E-state index is 13.4. The highest BCUT2D eigenvalue weighted by Gasteiger charge is 2.23. The normalized spacial score (nSPS) is 15.2. The Morgan fingerprint density at radius 2 is 2.00 bits per heavy atom. The summed E-state index contributed by atoms with van der Waals surface area (Å²) in [4.78, 5) is 50.0. The number of carbonyl (C=O) groups is 3. The molecule has 1 aliphatic heterocycles. The highest BCUT2D eigenvalue weighted by molar-refractivity contribution is 6.32. The number of hydrogen-bond donors (Lipinski definition) is 4. The fraction of sp³-hybridized carbons (Fsp3) is 0.179. The van der Waals surface area contributed by atoms with E-state index < -0.39 is 12.1 Å². The standard InChI is InChI=1S/C28H25ClN6O4/c1-39-28(38)31-16-12-13-19-22(15-16)32-23(36)11-4-2-3-9-21(26-34-24(19)25(29)35-26)33-27(37)18-7-5-10-20-17(18)8-6-14-30-20/h2-3,5-8,10,12-15,21H,4,9,11H2,1H3,(H,31,38)(H,32,36)(H,33,37)(H,34,35). The van der Waals surface area contributed by atoms with E-state index in [-0.39, 0.29) is 23.4 Å². The molecule has 4 N–H and O–H groups in total. The first-order chi connectivity index (χ1) is 18.9. The molecule has 198 valence electrons. The number of nitrogens with one attached hydrogen (secondary N) is 4. The topological polar surface area (TPSA) is 138 Å². The van der Waals surface area contributed by atoms with Crippen LogP contribution < -0.4 is 16.0 Å². The van der Waals surface area contributed by atoms with E-state index in [0.29, 0.717) is 46.9 Å². The SMILES string of the molecule is COC(=O)Nc1ccc2c(c1)NC(=O)CCC=CCC(NC(=O)c1cccc3ncccc13)c1nc-2c(Cl)[nH]1. The second-order valence-corrected chi connectivity index (χ2v) is 9.24. The lowest BCUT2D eigenvalue weighted by molar-refractivity contribution is -0.116. The predicted molar refractivity (Wildman–Crippen MR) is 149 cm³/mol. The Hall–Kier alpha value is -4.70. The van der Waals surface area contributed by atoms with Crippen LogP contribution in [-0.2, 0) is 9.53 Å². The number of hydrogen-bond acceptors (Lipinski definition) is 6. The van der Waals surface area contributed by atoms with Crippen LogP contribution in [0.25, 0.3) is 22.2 Å². The maximum Gasteiger partial charge on any atom is 0.411 e. The smallest absolute Gasteiger partial charge is 0.411 e. The van der Waals surface area contributed by atoms with Crippen molar-refractivity contribution < 1.29 is 19.1 Å². The van der Waals surface area contributed by atoms with Crippen LogP contribution in [0.4, 0.5) is 16.2 Å². The van der Waals surface area contributed by atoms with Gasteiger partial charge in [-0.25, -0.2) is 9.78 Å². The summed E-state index contributed by atoms with van der Waals surface area (Å²) in [6.45, 7) is 0. The van der Waals surface area contributed by atoms with Crippen LogP contribution >= 0.6 is 11.6 Å². The molecular weight excluding hydrogens is 520 g/mol. The monoisotopic (exact) mass is 544 g/mol. The van der Waals surface area contributed by atoms with E-state index >= 15 is 0 Å². The average molecular weight is 545 g/mol. The zero-order chi connectivity index (χ0) is 27.4. The molecule has 1 aliphatic rings. The number of rotatable bonds is 3. The molecule has 1 unspecified atom stereocenters. The molecule has 39 heavy (non-hydrogen) atoms. The van der Waals surface area contributed by atoms with Crippen LogP contribution in [0, 0.1) is 0 Å². The summed E-state index contributed by atoms with van der Waals surface area (Å²) in [6, 6.07) is 13.5. The van der Waals surface area contributed by atoms with Crippen LogP contribution in [0.15, 0.2) is 66.9 Å². The van der Waals surface area contributed by atoms with E-state index in [9.17, 15) is 14.4 Å². The number of nitrogens with zero attached hydrogens (tertiary/aromatic N) is 2. The van der Waals surface area contributed by atoms with Crippen molar-refractivity contribution in [1.29, 1.82) is 0 Å². The molecule has 3 heterocycles. The molecule has 0 aliphatic carbocycles. The second kappa shape index (κ2) is 11.4. The van der Waals surface area contributed by atoms with Gasteiger partial charge >= 0.3 is 6.09 Å². The summed E-state index contributed by atoms with van der Waals surface area (Å²) in [5.41, 5.74) is 2.99. The third-order valence-corrected chi connectivity index (χ3v) is 6.53. The highest BCUT2D eigenvalue weighted by Crippen LogP contribution is 2.35. The van der Waals surface area contributed by atoms with Crippen LogP contribution in [0.3, 0.4) is 0 Å². The van der Waals surface area contributed by atoms with Gasteiger partial charge in [0.05, 0.1) is 24.4 Å². The zero-order valence-corrected chi connectivity index (χ0v) is 21.7. The largest absolute Gasteiger partial charge is 0.453 e. The summed E-state index contributed by atoms with van der Waals surface area (Å²) in [5.74, 6) is -0.0301. The van der Waals surface area contributed by atoms with Crippen molar-refractivity contribution in [2.24, 2.45) is 0 Å². The van der Waals surface area contributed by atoms with Gasteiger partial charge in [0.1, 0.15) is 16.7 Å². The first-order valence-electron chi connectivity index (χ1n) is 12.3. The number of aromatic nitrogens is 3. The van der Waals surface area contributed by atoms with Crippen molar-refractivity contribution in [1.82, 2.24) is 20.3 Å². The number of benzene rings is 2. The number of halogens is 1. The summed E-state index contributed by atoms with van der Waals surface area (Å²) in [5, 5.41) is 9.53. The number of methoxy groups -OCH3 is 1. The molecule has 5 rings (SSSR count). The fourth-order valence-corrected chi connectivity index (χ4v) is 4.61. The number of amides is 3. The lowest BCUT2D eigenvalue weighted by atomic mass is 10.1.